The maximum absolute atomic E-state index is 12.0. The molecule has 0 unspecified atom stereocenters. The molecule has 1 amide bonds. The Morgan fingerprint density at radius 1 is 1.32 bits per heavy atom. The van der Waals surface area contributed by atoms with E-state index >= 15 is 0 Å². The summed E-state index contributed by atoms with van der Waals surface area (Å²) in [5.74, 6) is 2.10. The standard InChI is InChI=1S/C16H19N7O2/c1-10(2)14-19-13(25-23-14)8-5-7-12(24)18-16-20-15(21-22-16)11-6-3-4-9-17-11/h3-4,6,9-10H,5,7-8H2,1-2H3,(H2,18,20,21,22,24). The van der Waals surface area contributed by atoms with Crippen molar-refractivity contribution in [3.05, 3.63) is 36.1 Å². The SMILES string of the molecule is CC(C)c1noc(CCCC(=O)Nc2nnc(-c3ccccn3)[nH]2)n1. The third-order valence-electron chi connectivity index (χ3n) is 3.45. The van der Waals surface area contributed by atoms with Crippen molar-refractivity contribution in [2.24, 2.45) is 0 Å². The first-order valence-electron chi connectivity index (χ1n) is 8.08. The average Bonchev–Trinajstić information content (AvgIpc) is 3.25. The second-order valence-electron chi connectivity index (χ2n) is 5.84. The lowest BCUT2D eigenvalue weighted by molar-refractivity contribution is -0.116. The normalized spacial score (nSPS) is 11.0. The molecule has 0 aromatic carbocycles. The van der Waals surface area contributed by atoms with Gasteiger partial charge in [-0.05, 0) is 18.6 Å². The van der Waals surface area contributed by atoms with Crippen LogP contribution < -0.4 is 5.32 Å². The van der Waals surface area contributed by atoms with E-state index in [2.05, 4.69) is 35.6 Å². The van der Waals surface area contributed by atoms with E-state index < -0.39 is 0 Å². The summed E-state index contributed by atoms with van der Waals surface area (Å²) in [4.78, 5) is 23.4. The molecular formula is C16H19N7O2. The third-order valence-corrected chi connectivity index (χ3v) is 3.45. The van der Waals surface area contributed by atoms with Crippen molar-refractivity contribution in [1.82, 2.24) is 30.3 Å². The van der Waals surface area contributed by atoms with Crippen LogP contribution >= 0.6 is 0 Å². The number of aromatic nitrogens is 6. The van der Waals surface area contributed by atoms with E-state index in [-0.39, 0.29) is 11.8 Å². The highest BCUT2D eigenvalue weighted by Gasteiger charge is 2.12. The second-order valence-corrected chi connectivity index (χ2v) is 5.84. The molecule has 0 saturated heterocycles. The van der Waals surface area contributed by atoms with Gasteiger partial charge >= 0.3 is 0 Å². The second kappa shape index (κ2) is 7.65. The summed E-state index contributed by atoms with van der Waals surface area (Å²) in [7, 11) is 0. The molecule has 0 aliphatic carbocycles. The van der Waals surface area contributed by atoms with Crippen molar-refractivity contribution in [3.63, 3.8) is 0 Å². The van der Waals surface area contributed by atoms with E-state index in [0.717, 1.165) is 0 Å². The largest absolute Gasteiger partial charge is 0.339 e. The average molecular weight is 341 g/mol. The van der Waals surface area contributed by atoms with Crippen molar-refractivity contribution < 1.29 is 9.32 Å². The fourth-order valence-electron chi connectivity index (χ4n) is 2.14. The molecule has 3 aromatic rings. The maximum atomic E-state index is 12.0. The number of amides is 1. The molecule has 3 heterocycles. The van der Waals surface area contributed by atoms with Gasteiger partial charge in [0.2, 0.25) is 17.7 Å². The van der Waals surface area contributed by atoms with Gasteiger partial charge in [0.25, 0.3) is 0 Å². The summed E-state index contributed by atoms with van der Waals surface area (Å²) in [5, 5.41) is 14.4. The number of H-pyrrole nitrogens is 1. The molecule has 0 atom stereocenters. The van der Waals surface area contributed by atoms with Crippen LogP contribution in [0.1, 0.15) is 44.3 Å². The Morgan fingerprint density at radius 3 is 2.92 bits per heavy atom. The van der Waals surface area contributed by atoms with Gasteiger partial charge in [0.1, 0.15) is 5.69 Å². The number of aromatic amines is 1. The van der Waals surface area contributed by atoms with E-state index in [1.807, 2.05) is 32.0 Å². The van der Waals surface area contributed by atoms with Crippen LogP contribution in [0.2, 0.25) is 0 Å². The lowest BCUT2D eigenvalue weighted by Crippen LogP contribution is -2.12. The molecular weight excluding hydrogens is 322 g/mol. The van der Waals surface area contributed by atoms with Gasteiger partial charge < -0.3 is 9.51 Å². The summed E-state index contributed by atoms with van der Waals surface area (Å²) in [6.45, 7) is 4.00. The number of carbonyl (C=O) groups is 1. The minimum atomic E-state index is -0.160. The van der Waals surface area contributed by atoms with Crippen LogP contribution in [-0.4, -0.2) is 36.2 Å². The predicted octanol–water partition coefficient (Wildman–Crippen LogP) is 2.33. The lowest BCUT2D eigenvalue weighted by atomic mass is 10.2. The van der Waals surface area contributed by atoms with Crippen LogP contribution in [0.5, 0.6) is 0 Å². The molecule has 0 bridgehead atoms. The zero-order valence-corrected chi connectivity index (χ0v) is 14.1. The molecule has 130 valence electrons. The fraction of sp³-hybridized carbons (Fsp3) is 0.375. The monoisotopic (exact) mass is 341 g/mol. The quantitative estimate of drug-likeness (QED) is 0.676. The van der Waals surface area contributed by atoms with Gasteiger partial charge in [-0.1, -0.05) is 25.1 Å². The Bertz CT molecular complexity index is 826. The zero-order chi connectivity index (χ0) is 17.6. The first-order chi connectivity index (χ1) is 12.1. The van der Waals surface area contributed by atoms with Crippen LogP contribution in [-0.2, 0) is 11.2 Å². The number of pyridine rings is 1. The first kappa shape index (κ1) is 16.7. The molecule has 0 spiro atoms. The number of carbonyl (C=O) groups excluding carboxylic acids is 1. The van der Waals surface area contributed by atoms with Crippen molar-refractivity contribution in [2.75, 3.05) is 5.32 Å². The third kappa shape index (κ3) is 4.46. The Balaban J connectivity index is 1.47. The van der Waals surface area contributed by atoms with E-state index in [9.17, 15) is 4.79 Å². The van der Waals surface area contributed by atoms with E-state index in [0.29, 0.717) is 48.4 Å². The molecule has 3 aromatic heterocycles. The number of nitrogens with one attached hydrogen (secondary N) is 2. The van der Waals surface area contributed by atoms with Crippen LogP contribution in [0.25, 0.3) is 11.5 Å². The van der Waals surface area contributed by atoms with Crippen molar-refractivity contribution in [2.45, 2.75) is 39.0 Å². The Hall–Kier alpha value is -3.10. The van der Waals surface area contributed by atoms with Gasteiger partial charge in [0.15, 0.2) is 11.6 Å². The lowest BCUT2D eigenvalue weighted by Gasteiger charge is -2.00. The summed E-state index contributed by atoms with van der Waals surface area (Å²) < 4.78 is 5.15. The fourth-order valence-corrected chi connectivity index (χ4v) is 2.14. The number of aryl methyl sites for hydroxylation is 1. The first-order valence-corrected chi connectivity index (χ1v) is 8.08. The Labute approximate surface area is 144 Å². The van der Waals surface area contributed by atoms with Gasteiger partial charge in [-0.2, -0.15) is 4.98 Å². The molecule has 9 heteroatoms. The molecule has 0 aliphatic heterocycles. The number of rotatable bonds is 7. The highest BCUT2D eigenvalue weighted by atomic mass is 16.5. The van der Waals surface area contributed by atoms with E-state index in [1.54, 1.807) is 6.20 Å². The molecule has 9 nitrogen and oxygen atoms in total. The van der Waals surface area contributed by atoms with Crippen LogP contribution in [0.4, 0.5) is 5.95 Å². The van der Waals surface area contributed by atoms with Crippen LogP contribution in [0.15, 0.2) is 28.9 Å². The van der Waals surface area contributed by atoms with Gasteiger partial charge in [0, 0.05) is 25.0 Å². The molecule has 0 fully saturated rings. The molecule has 2 N–H and O–H groups in total. The Morgan fingerprint density at radius 2 is 2.20 bits per heavy atom. The number of hydrogen-bond acceptors (Lipinski definition) is 7. The number of nitrogens with zero attached hydrogens (tertiary/aromatic N) is 5. The molecule has 3 rings (SSSR count). The van der Waals surface area contributed by atoms with E-state index in [1.165, 1.54) is 0 Å². The number of anilines is 1. The summed E-state index contributed by atoms with van der Waals surface area (Å²) in [6.07, 6.45) is 3.15. The Kier molecular flexibility index (Phi) is 5.12. The van der Waals surface area contributed by atoms with Gasteiger partial charge in [-0.15, -0.1) is 10.2 Å². The van der Waals surface area contributed by atoms with Crippen molar-refractivity contribution in [1.29, 1.82) is 0 Å². The minimum Gasteiger partial charge on any atom is -0.339 e. The van der Waals surface area contributed by atoms with Gasteiger partial charge in [-0.3, -0.25) is 15.1 Å². The van der Waals surface area contributed by atoms with Crippen molar-refractivity contribution >= 4 is 11.9 Å². The van der Waals surface area contributed by atoms with E-state index in [4.69, 9.17) is 4.52 Å². The molecule has 25 heavy (non-hydrogen) atoms. The molecule has 0 aliphatic rings. The van der Waals surface area contributed by atoms with Gasteiger partial charge in [-0.25, -0.2) is 0 Å². The van der Waals surface area contributed by atoms with Crippen LogP contribution in [0, 0.1) is 0 Å². The highest BCUT2D eigenvalue weighted by molar-refractivity contribution is 5.89. The number of hydrogen-bond donors (Lipinski definition) is 2. The van der Waals surface area contributed by atoms with Crippen LogP contribution in [0.3, 0.4) is 0 Å². The predicted molar refractivity (Wildman–Crippen MR) is 89.6 cm³/mol. The van der Waals surface area contributed by atoms with Crippen molar-refractivity contribution in [3.8, 4) is 11.5 Å². The topological polar surface area (TPSA) is 122 Å². The summed E-state index contributed by atoms with van der Waals surface area (Å²) in [5.41, 5.74) is 0.660. The minimum absolute atomic E-state index is 0.160. The summed E-state index contributed by atoms with van der Waals surface area (Å²) >= 11 is 0. The highest BCUT2D eigenvalue weighted by Crippen LogP contribution is 2.13. The smallest absolute Gasteiger partial charge is 0.228 e. The summed E-state index contributed by atoms with van der Waals surface area (Å²) in [6, 6.07) is 5.48. The zero-order valence-electron chi connectivity index (χ0n) is 14.1. The van der Waals surface area contributed by atoms with Gasteiger partial charge in [0.05, 0.1) is 0 Å². The molecule has 0 radical (unpaired) electrons. The maximum Gasteiger partial charge on any atom is 0.228 e. The molecule has 0 saturated carbocycles.